The van der Waals surface area contributed by atoms with E-state index < -0.39 is 5.41 Å². The Hall–Kier alpha value is -0.570. The van der Waals surface area contributed by atoms with Crippen LogP contribution in [0.1, 0.15) is 85.5 Å². The standard InChI is InChI=1S/C18H36O3/c1-5-9-11-16(7-3)15-21-17(20)18(8-4,13-14-19)12-10-6-2/h16,19H,5-15H2,1-4H3. The van der Waals surface area contributed by atoms with Crippen LogP contribution in [-0.2, 0) is 9.53 Å². The van der Waals surface area contributed by atoms with E-state index in [2.05, 4.69) is 20.8 Å². The first-order chi connectivity index (χ1) is 10.1. The Bertz CT molecular complexity index is 265. The molecule has 0 bridgehead atoms. The van der Waals surface area contributed by atoms with E-state index in [1.54, 1.807) is 0 Å². The summed E-state index contributed by atoms with van der Waals surface area (Å²) in [6.45, 7) is 9.09. The van der Waals surface area contributed by atoms with E-state index in [9.17, 15) is 9.90 Å². The van der Waals surface area contributed by atoms with Gasteiger partial charge in [-0.2, -0.15) is 0 Å². The average Bonchev–Trinajstić information content (AvgIpc) is 2.51. The number of ether oxygens (including phenoxy) is 1. The second kappa shape index (κ2) is 12.0. The number of aliphatic hydroxyl groups excluding tert-OH is 1. The first-order valence-corrected chi connectivity index (χ1v) is 8.88. The molecule has 0 heterocycles. The number of unbranched alkanes of at least 4 members (excludes halogenated alkanes) is 2. The fourth-order valence-corrected chi connectivity index (χ4v) is 2.80. The van der Waals surface area contributed by atoms with Crippen LogP contribution in [0.15, 0.2) is 0 Å². The van der Waals surface area contributed by atoms with Crippen LogP contribution in [0.4, 0.5) is 0 Å². The Labute approximate surface area is 131 Å². The van der Waals surface area contributed by atoms with Crippen LogP contribution in [0.5, 0.6) is 0 Å². The molecule has 0 aliphatic carbocycles. The Balaban J connectivity index is 4.57. The molecular weight excluding hydrogens is 264 g/mol. The SMILES string of the molecule is CCCCC(CC)COC(=O)C(CC)(CCO)CCCC. The van der Waals surface area contributed by atoms with E-state index in [1.165, 1.54) is 12.8 Å². The second-order valence-corrected chi connectivity index (χ2v) is 6.23. The molecule has 0 amide bonds. The van der Waals surface area contributed by atoms with Gasteiger partial charge in [-0.25, -0.2) is 0 Å². The van der Waals surface area contributed by atoms with Gasteiger partial charge in [-0.1, -0.05) is 59.8 Å². The smallest absolute Gasteiger partial charge is 0.312 e. The maximum atomic E-state index is 12.6. The molecule has 126 valence electrons. The molecule has 0 rings (SSSR count). The summed E-state index contributed by atoms with van der Waals surface area (Å²) in [6.07, 6.45) is 8.74. The molecule has 3 heteroatoms. The van der Waals surface area contributed by atoms with Crippen LogP contribution in [-0.4, -0.2) is 24.3 Å². The summed E-state index contributed by atoms with van der Waals surface area (Å²) in [4.78, 5) is 12.6. The molecule has 1 N–H and O–H groups in total. The Morgan fingerprint density at radius 1 is 1.10 bits per heavy atom. The van der Waals surface area contributed by atoms with Crippen LogP contribution in [0, 0.1) is 11.3 Å². The molecule has 0 aliphatic heterocycles. The van der Waals surface area contributed by atoms with Gasteiger partial charge in [0.2, 0.25) is 0 Å². The van der Waals surface area contributed by atoms with Crippen LogP contribution in [0.2, 0.25) is 0 Å². The van der Waals surface area contributed by atoms with E-state index >= 15 is 0 Å². The molecular formula is C18H36O3. The summed E-state index contributed by atoms with van der Waals surface area (Å²) >= 11 is 0. The fraction of sp³-hybridized carbons (Fsp3) is 0.944. The monoisotopic (exact) mass is 300 g/mol. The molecule has 0 saturated carbocycles. The van der Waals surface area contributed by atoms with E-state index in [-0.39, 0.29) is 12.6 Å². The summed E-state index contributed by atoms with van der Waals surface area (Å²) in [5, 5.41) is 9.31. The van der Waals surface area contributed by atoms with Gasteiger partial charge in [0.1, 0.15) is 0 Å². The van der Waals surface area contributed by atoms with Gasteiger partial charge in [0.15, 0.2) is 0 Å². The van der Waals surface area contributed by atoms with Crippen molar-refractivity contribution in [1.29, 1.82) is 0 Å². The second-order valence-electron chi connectivity index (χ2n) is 6.23. The fourth-order valence-electron chi connectivity index (χ4n) is 2.80. The zero-order chi connectivity index (χ0) is 16.1. The lowest BCUT2D eigenvalue weighted by atomic mass is 9.77. The summed E-state index contributed by atoms with van der Waals surface area (Å²) in [7, 11) is 0. The molecule has 3 nitrogen and oxygen atoms in total. The third kappa shape index (κ3) is 7.30. The van der Waals surface area contributed by atoms with Crippen molar-refractivity contribution in [2.75, 3.05) is 13.2 Å². The lowest BCUT2D eigenvalue weighted by molar-refractivity contribution is -0.159. The molecule has 0 aliphatic rings. The van der Waals surface area contributed by atoms with Crippen molar-refractivity contribution in [2.24, 2.45) is 11.3 Å². The van der Waals surface area contributed by atoms with Crippen molar-refractivity contribution in [3.63, 3.8) is 0 Å². The average molecular weight is 300 g/mol. The molecule has 2 atom stereocenters. The highest BCUT2D eigenvalue weighted by molar-refractivity contribution is 5.76. The molecule has 0 aromatic rings. The number of esters is 1. The number of carbonyl (C=O) groups excluding carboxylic acids is 1. The molecule has 0 saturated heterocycles. The minimum atomic E-state index is -0.478. The highest BCUT2D eigenvalue weighted by atomic mass is 16.5. The van der Waals surface area contributed by atoms with Crippen molar-refractivity contribution in [3.8, 4) is 0 Å². The summed E-state index contributed by atoms with van der Waals surface area (Å²) in [5.74, 6) is 0.381. The molecule has 0 radical (unpaired) electrons. The third-order valence-electron chi connectivity index (χ3n) is 4.70. The minimum Gasteiger partial charge on any atom is -0.465 e. The molecule has 0 spiro atoms. The van der Waals surface area contributed by atoms with Crippen molar-refractivity contribution < 1.29 is 14.6 Å². The van der Waals surface area contributed by atoms with Gasteiger partial charge in [-0.3, -0.25) is 4.79 Å². The lowest BCUT2D eigenvalue weighted by Gasteiger charge is -2.30. The maximum absolute atomic E-state index is 12.6. The zero-order valence-corrected chi connectivity index (χ0v) is 14.6. The summed E-state index contributed by atoms with van der Waals surface area (Å²) < 4.78 is 5.65. The van der Waals surface area contributed by atoms with Gasteiger partial charge in [0.05, 0.1) is 12.0 Å². The number of aliphatic hydroxyl groups is 1. The van der Waals surface area contributed by atoms with Crippen LogP contribution < -0.4 is 0 Å². The van der Waals surface area contributed by atoms with Crippen molar-refractivity contribution in [2.45, 2.75) is 85.5 Å². The predicted molar refractivity (Wildman–Crippen MR) is 88.2 cm³/mol. The van der Waals surface area contributed by atoms with Gasteiger partial charge in [0.25, 0.3) is 0 Å². The van der Waals surface area contributed by atoms with Gasteiger partial charge >= 0.3 is 5.97 Å². The Morgan fingerprint density at radius 3 is 2.24 bits per heavy atom. The third-order valence-corrected chi connectivity index (χ3v) is 4.70. The van der Waals surface area contributed by atoms with Crippen LogP contribution in [0.3, 0.4) is 0 Å². The topological polar surface area (TPSA) is 46.5 Å². The van der Waals surface area contributed by atoms with Gasteiger partial charge in [-0.15, -0.1) is 0 Å². The molecule has 21 heavy (non-hydrogen) atoms. The molecule has 2 unspecified atom stereocenters. The number of hydrogen-bond donors (Lipinski definition) is 1. The predicted octanol–water partition coefficient (Wildman–Crippen LogP) is 4.72. The number of rotatable bonds is 13. The quantitative estimate of drug-likeness (QED) is 0.501. The molecule has 0 aromatic heterocycles. The van der Waals surface area contributed by atoms with E-state index in [1.807, 2.05) is 6.92 Å². The van der Waals surface area contributed by atoms with Crippen LogP contribution in [0.25, 0.3) is 0 Å². The van der Waals surface area contributed by atoms with Crippen LogP contribution >= 0.6 is 0 Å². The van der Waals surface area contributed by atoms with Crippen molar-refractivity contribution in [1.82, 2.24) is 0 Å². The molecule has 0 fully saturated rings. The van der Waals surface area contributed by atoms with Crippen molar-refractivity contribution in [3.05, 3.63) is 0 Å². The Morgan fingerprint density at radius 2 is 1.76 bits per heavy atom. The van der Waals surface area contributed by atoms with E-state index in [0.29, 0.717) is 18.9 Å². The highest BCUT2D eigenvalue weighted by Gasteiger charge is 2.37. The largest absolute Gasteiger partial charge is 0.465 e. The Kier molecular flexibility index (Phi) is 11.7. The zero-order valence-electron chi connectivity index (χ0n) is 14.6. The molecule has 0 aromatic carbocycles. The minimum absolute atomic E-state index is 0.0553. The van der Waals surface area contributed by atoms with Gasteiger partial charge < -0.3 is 9.84 Å². The van der Waals surface area contributed by atoms with Crippen molar-refractivity contribution >= 4 is 5.97 Å². The van der Waals surface area contributed by atoms with Gasteiger partial charge in [0, 0.05) is 6.61 Å². The first-order valence-electron chi connectivity index (χ1n) is 8.88. The van der Waals surface area contributed by atoms with E-state index in [0.717, 1.165) is 38.5 Å². The summed E-state index contributed by atoms with van der Waals surface area (Å²) in [6, 6.07) is 0. The number of carbonyl (C=O) groups is 1. The normalized spacial score (nSPS) is 15.5. The highest BCUT2D eigenvalue weighted by Crippen LogP contribution is 2.34. The van der Waals surface area contributed by atoms with Gasteiger partial charge in [-0.05, 0) is 31.6 Å². The lowest BCUT2D eigenvalue weighted by Crippen LogP contribution is -2.34. The summed E-state index contributed by atoms with van der Waals surface area (Å²) in [5.41, 5.74) is -0.478. The number of hydrogen-bond acceptors (Lipinski definition) is 3. The first kappa shape index (κ1) is 20.4. The maximum Gasteiger partial charge on any atom is 0.312 e. The van der Waals surface area contributed by atoms with E-state index in [4.69, 9.17) is 4.74 Å².